The summed E-state index contributed by atoms with van der Waals surface area (Å²) >= 11 is 3.41. The Morgan fingerprint density at radius 1 is 1.13 bits per heavy atom. The lowest BCUT2D eigenvalue weighted by Gasteiger charge is -2.17. The average molecular weight is 456 g/mol. The van der Waals surface area contributed by atoms with Crippen LogP contribution in [0.3, 0.4) is 0 Å². The molecule has 0 spiro atoms. The summed E-state index contributed by atoms with van der Waals surface area (Å²) in [7, 11) is 0. The number of fused-ring (bicyclic) bond motifs is 3. The highest BCUT2D eigenvalue weighted by molar-refractivity contribution is 7.19. The Kier molecular flexibility index (Phi) is 5.96. The van der Waals surface area contributed by atoms with Crippen LogP contribution in [0.1, 0.15) is 34.4 Å². The van der Waals surface area contributed by atoms with Gasteiger partial charge < -0.3 is 5.11 Å². The standard InChI is InChI=1S/C24H21NO2S2.ClH/c1-14-8-10-15(11-9-14)21-17(13-20(26)27)23(19-7-4-12-28-19)25-24-22(21)16-5-2-3-6-18(16)29-24;/h4,7-12H,2-3,5-6,13H2,1H3,(H,26,27);1H. The van der Waals surface area contributed by atoms with Crippen LogP contribution in [-0.4, -0.2) is 16.1 Å². The number of pyridine rings is 1. The van der Waals surface area contributed by atoms with E-state index in [-0.39, 0.29) is 18.8 Å². The first kappa shape index (κ1) is 21.0. The van der Waals surface area contributed by atoms with Gasteiger partial charge in [0.05, 0.1) is 17.0 Å². The maximum Gasteiger partial charge on any atom is 0.307 e. The molecule has 1 aliphatic rings. The van der Waals surface area contributed by atoms with Crippen molar-refractivity contribution < 1.29 is 9.90 Å². The van der Waals surface area contributed by atoms with Gasteiger partial charge in [-0.2, -0.15) is 0 Å². The molecule has 154 valence electrons. The van der Waals surface area contributed by atoms with E-state index in [4.69, 9.17) is 4.98 Å². The van der Waals surface area contributed by atoms with Crippen molar-refractivity contribution in [3.63, 3.8) is 0 Å². The molecule has 3 nitrogen and oxygen atoms in total. The number of hydrogen-bond donors (Lipinski definition) is 1. The van der Waals surface area contributed by atoms with Crippen molar-refractivity contribution in [1.29, 1.82) is 0 Å². The number of carboxylic acid groups (broad SMARTS) is 1. The van der Waals surface area contributed by atoms with Gasteiger partial charge in [-0.25, -0.2) is 4.98 Å². The molecule has 0 aliphatic heterocycles. The van der Waals surface area contributed by atoms with Crippen molar-refractivity contribution in [2.75, 3.05) is 0 Å². The van der Waals surface area contributed by atoms with Gasteiger partial charge in [0.15, 0.2) is 0 Å². The number of carboxylic acids is 1. The van der Waals surface area contributed by atoms with Crippen molar-refractivity contribution in [3.05, 3.63) is 63.3 Å². The second-order valence-corrected chi connectivity index (χ2v) is 9.65. The molecule has 3 heterocycles. The largest absolute Gasteiger partial charge is 0.481 e. The number of aryl methyl sites for hydroxylation is 3. The predicted octanol–water partition coefficient (Wildman–Crippen LogP) is 6.93. The first-order chi connectivity index (χ1) is 14.1. The van der Waals surface area contributed by atoms with Crippen molar-refractivity contribution in [2.24, 2.45) is 0 Å². The van der Waals surface area contributed by atoms with E-state index in [2.05, 4.69) is 31.2 Å². The highest BCUT2D eigenvalue weighted by Gasteiger charge is 2.26. The molecule has 0 saturated carbocycles. The van der Waals surface area contributed by atoms with Crippen LogP contribution in [0.15, 0.2) is 41.8 Å². The molecule has 1 N–H and O–H groups in total. The zero-order chi connectivity index (χ0) is 20.0. The lowest BCUT2D eigenvalue weighted by Crippen LogP contribution is -2.07. The lowest BCUT2D eigenvalue weighted by atomic mass is 9.88. The van der Waals surface area contributed by atoms with Crippen molar-refractivity contribution in [3.8, 4) is 21.7 Å². The van der Waals surface area contributed by atoms with Gasteiger partial charge >= 0.3 is 5.97 Å². The molecule has 5 rings (SSSR count). The van der Waals surface area contributed by atoms with Crippen LogP contribution in [0, 0.1) is 6.92 Å². The molecule has 0 amide bonds. The minimum absolute atomic E-state index is 0. The van der Waals surface area contributed by atoms with Crippen LogP contribution in [-0.2, 0) is 24.1 Å². The van der Waals surface area contributed by atoms with Gasteiger partial charge in [0, 0.05) is 10.3 Å². The molecule has 30 heavy (non-hydrogen) atoms. The summed E-state index contributed by atoms with van der Waals surface area (Å²) < 4.78 is 0. The van der Waals surface area contributed by atoms with Crippen molar-refractivity contribution >= 4 is 51.3 Å². The van der Waals surface area contributed by atoms with E-state index in [1.165, 1.54) is 34.2 Å². The van der Waals surface area contributed by atoms with Crippen LogP contribution < -0.4 is 0 Å². The minimum atomic E-state index is -0.818. The van der Waals surface area contributed by atoms with Gasteiger partial charge in [0.25, 0.3) is 0 Å². The molecule has 0 bridgehead atoms. The fourth-order valence-corrected chi connectivity index (χ4v) is 6.32. The molecule has 1 aliphatic carbocycles. The summed E-state index contributed by atoms with van der Waals surface area (Å²) in [5, 5.41) is 13.0. The maximum atomic E-state index is 11.9. The monoisotopic (exact) mass is 455 g/mol. The van der Waals surface area contributed by atoms with Gasteiger partial charge in [-0.3, -0.25) is 4.79 Å². The average Bonchev–Trinajstić information content (AvgIpc) is 3.35. The third kappa shape index (κ3) is 3.66. The minimum Gasteiger partial charge on any atom is -0.481 e. The fraction of sp³-hybridized carbons (Fsp3) is 0.250. The normalized spacial score (nSPS) is 13.1. The summed E-state index contributed by atoms with van der Waals surface area (Å²) in [6, 6.07) is 12.5. The molecule has 0 unspecified atom stereocenters. The highest BCUT2D eigenvalue weighted by atomic mass is 35.5. The van der Waals surface area contributed by atoms with E-state index >= 15 is 0 Å². The second-order valence-electron chi connectivity index (χ2n) is 7.62. The highest BCUT2D eigenvalue weighted by Crippen LogP contribution is 2.45. The Bertz CT molecular complexity index is 1210. The summed E-state index contributed by atoms with van der Waals surface area (Å²) in [5.41, 5.74) is 6.41. The number of halogens is 1. The van der Waals surface area contributed by atoms with Gasteiger partial charge in [-0.1, -0.05) is 35.9 Å². The molecule has 3 aromatic heterocycles. The van der Waals surface area contributed by atoms with Crippen LogP contribution in [0.2, 0.25) is 0 Å². The van der Waals surface area contributed by atoms with Gasteiger partial charge in [0.1, 0.15) is 4.83 Å². The maximum absolute atomic E-state index is 11.9. The molecule has 1 aromatic carbocycles. The number of aromatic nitrogens is 1. The Hall–Kier alpha value is -2.21. The number of hydrogen-bond acceptors (Lipinski definition) is 4. The molecule has 0 radical (unpaired) electrons. The molecule has 0 atom stereocenters. The number of nitrogens with zero attached hydrogens (tertiary/aromatic N) is 1. The SMILES string of the molecule is Cc1ccc(-c2c(CC(=O)O)c(-c3cccs3)nc3sc4c(c23)CCCC4)cc1.Cl. The lowest BCUT2D eigenvalue weighted by molar-refractivity contribution is -0.136. The number of rotatable bonds is 4. The van der Waals surface area contributed by atoms with Crippen molar-refractivity contribution in [1.82, 2.24) is 4.98 Å². The van der Waals surface area contributed by atoms with Crippen LogP contribution >= 0.6 is 35.1 Å². The smallest absolute Gasteiger partial charge is 0.307 e. The zero-order valence-corrected chi connectivity index (χ0v) is 19.1. The van der Waals surface area contributed by atoms with Gasteiger partial charge in [-0.15, -0.1) is 35.1 Å². The van der Waals surface area contributed by atoms with Crippen LogP contribution in [0.25, 0.3) is 31.9 Å². The number of aliphatic carboxylic acids is 1. The Morgan fingerprint density at radius 3 is 2.60 bits per heavy atom. The second kappa shape index (κ2) is 8.50. The Labute approximate surface area is 189 Å². The number of carbonyl (C=O) groups is 1. The molecule has 6 heteroatoms. The molecule has 4 aromatic rings. The molecular formula is C24H22ClNO2S2. The van der Waals surface area contributed by atoms with Crippen LogP contribution in [0.5, 0.6) is 0 Å². The summed E-state index contributed by atoms with van der Waals surface area (Å²) in [6.07, 6.45) is 4.55. The van der Waals surface area contributed by atoms with Gasteiger partial charge in [-0.05, 0) is 66.3 Å². The number of benzene rings is 1. The van der Waals surface area contributed by atoms with E-state index < -0.39 is 5.97 Å². The summed E-state index contributed by atoms with van der Waals surface area (Å²) in [4.78, 5) is 20.4. The Balaban J connectivity index is 0.00000218. The van der Waals surface area contributed by atoms with E-state index in [1.54, 1.807) is 22.7 Å². The molecule has 0 fully saturated rings. The third-order valence-electron chi connectivity index (χ3n) is 5.63. The quantitative estimate of drug-likeness (QED) is 0.363. The molecular weight excluding hydrogens is 434 g/mol. The Morgan fingerprint density at radius 2 is 1.90 bits per heavy atom. The summed E-state index contributed by atoms with van der Waals surface area (Å²) in [6.45, 7) is 2.08. The molecule has 0 saturated heterocycles. The fourth-order valence-electron chi connectivity index (χ4n) is 4.31. The first-order valence-electron chi connectivity index (χ1n) is 9.91. The topological polar surface area (TPSA) is 50.2 Å². The zero-order valence-electron chi connectivity index (χ0n) is 16.6. The predicted molar refractivity (Wildman–Crippen MR) is 128 cm³/mol. The van der Waals surface area contributed by atoms with Crippen molar-refractivity contribution in [2.45, 2.75) is 39.0 Å². The summed E-state index contributed by atoms with van der Waals surface area (Å²) in [5.74, 6) is -0.818. The van der Waals surface area contributed by atoms with E-state index in [9.17, 15) is 9.90 Å². The van der Waals surface area contributed by atoms with Gasteiger partial charge in [0.2, 0.25) is 0 Å². The van der Waals surface area contributed by atoms with E-state index in [0.29, 0.717) is 0 Å². The van der Waals surface area contributed by atoms with E-state index in [0.717, 1.165) is 44.9 Å². The van der Waals surface area contributed by atoms with E-state index in [1.807, 2.05) is 17.5 Å². The third-order valence-corrected chi connectivity index (χ3v) is 7.69. The number of thiophene rings is 2. The first-order valence-corrected chi connectivity index (χ1v) is 11.6. The van der Waals surface area contributed by atoms with Crippen LogP contribution in [0.4, 0.5) is 0 Å².